The topological polar surface area (TPSA) is 83.8 Å². The highest BCUT2D eigenvalue weighted by Crippen LogP contribution is 2.41. The number of rotatable bonds is 3. The van der Waals surface area contributed by atoms with Gasteiger partial charge in [-0.15, -0.1) is 4.48 Å². The number of likely N-dealkylation sites (tertiary alicyclic amines) is 1. The van der Waals surface area contributed by atoms with Gasteiger partial charge in [0.25, 0.3) is 0 Å². The summed E-state index contributed by atoms with van der Waals surface area (Å²) in [6.07, 6.45) is -2.02. The summed E-state index contributed by atoms with van der Waals surface area (Å²) in [4.78, 5) is 24.8. The monoisotopic (exact) mass is 356 g/mol. The summed E-state index contributed by atoms with van der Waals surface area (Å²) < 4.78 is 4.37. The first-order chi connectivity index (χ1) is 12.4. The predicted molar refractivity (Wildman–Crippen MR) is 94.2 cm³/mol. The lowest BCUT2D eigenvalue weighted by molar-refractivity contribution is -0.799. The maximum absolute atomic E-state index is 12.8. The SMILES string of the molecule is C[C@@H]1C[C@@](O)(c2ccccc2)C[N@+]1(C(=O)O)C(=O)OCc1ccccc1. The van der Waals surface area contributed by atoms with Crippen LogP contribution in [0.15, 0.2) is 60.7 Å². The lowest BCUT2D eigenvalue weighted by Crippen LogP contribution is -2.59. The van der Waals surface area contributed by atoms with Gasteiger partial charge in [-0.1, -0.05) is 60.7 Å². The molecule has 0 unspecified atom stereocenters. The van der Waals surface area contributed by atoms with Gasteiger partial charge in [-0.05, 0) is 18.1 Å². The molecule has 1 fully saturated rings. The van der Waals surface area contributed by atoms with Gasteiger partial charge in [-0.3, -0.25) is 0 Å². The smallest absolute Gasteiger partial charge is 0.435 e. The van der Waals surface area contributed by atoms with Crippen LogP contribution in [0.1, 0.15) is 24.5 Å². The van der Waals surface area contributed by atoms with Gasteiger partial charge in [0.05, 0.1) is 0 Å². The number of hydrogen-bond donors (Lipinski definition) is 2. The number of quaternary nitrogens is 1. The van der Waals surface area contributed by atoms with Crippen molar-refractivity contribution in [3.8, 4) is 0 Å². The van der Waals surface area contributed by atoms with E-state index in [1.54, 1.807) is 43.3 Å². The summed E-state index contributed by atoms with van der Waals surface area (Å²) in [5.41, 5.74) is -0.0244. The highest BCUT2D eigenvalue weighted by molar-refractivity contribution is 5.76. The second kappa shape index (κ2) is 6.90. The van der Waals surface area contributed by atoms with Crippen LogP contribution in [0.2, 0.25) is 0 Å². The highest BCUT2D eigenvalue weighted by Gasteiger charge is 2.63. The summed E-state index contributed by atoms with van der Waals surface area (Å²) >= 11 is 0. The van der Waals surface area contributed by atoms with Gasteiger partial charge in [0, 0.05) is 6.42 Å². The first-order valence-corrected chi connectivity index (χ1v) is 8.49. The van der Waals surface area contributed by atoms with E-state index in [0.29, 0.717) is 5.56 Å². The van der Waals surface area contributed by atoms with E-state index in [9.17, 15) is 19.8 Å². The van der Waals surface area contributed by atoms with E-state index >= 15 is 0 Å². The fraction of sp³-hybridized carbons (Fsp3) is 0.300. The van der Waals surface area contributed by atoms with E-state index in [-0.39, 0.29) is 19.6 Å². The molecule has 0 aliphatic carbocycles. The molecule has 136 valence electrons. The number of imide groups is 1. The average molecular weight is 356 g/mol. The van der Waals surface area contributed by atoms with E-state index in [4.69, 9.17) is 4.74 Å². The minimum atomic E-state index is -1.40. The maximum atomic E-state index is 12.8. The van der Waals surface area contributed by atoms with Gasteiger partial charge in [-0.2, -0.15) is 9.59 Å². The highest BCUT2D eigenvalue weighted by atomic mass is 16.6. The molecule has 2 aromatic rings. The van der Waals surface area contributed by atoms with Gasteiger partial charge < -0.3 is 14.9 Å². The third kappa shape index (κ3) is 3.09. The quantitative estimate of drug-likeness (QED) is 0.823. The van der Waals surface area contributed by atoms with Crippen LogP contribution in [0, 0.1) is 0 Å². The molecule has 1 aliphatic rings. The van der Waals surface area contributed by atoms with Crippen molar-refractivity contribution in [3.05, 3.63) is 71.8 Å². The van der Waals surface area contributed by atoms with Crippen molar-refractivity contribution in [1.29, 1.82) is 0 Å². The molecule has 0 bridgehead atoms. The first kappa shape index (κ1) is 18.1. The van der Waals surface area contributed by atoms with Crippen molar-refractivity contribution >= 4 is 12.2 Å². The Balaban J connectivity index is 1.85. The van der Waals surface area contributed by atoms with Gasteiger partial charge in [0.1, 0.15) is 24.8 Å². The fourth-order valence-corrected chi connectivity index (χ4v) is 3.65. The number of aliphatic hydroxyl groups is 1. The molecule has 3 rings (SSSR count). The number of carbonyl (C=O) groups excluding carboxylic acids is 1. The molecule has 2 amide bonds. The third-order valence-electron chi connectivity index (χ3n) is 5.08. The molecule has 1 aliphatic heterocycles. The predicted octanol–water partition coefficient (Wildman–Crippen LogP) is 3.50. The van der Waals surface area contributed by atoms with Crippen molar-refractivity contribution in [2.45, 2.75) is 31.6 Å². The van der Waals surface area contributed by atoms with Crippen molar-refractivity contribution < 1.29 is 29.0 Å². The molecule has 0 radical (unpaired) electrons. The average Bonchev–Trinajstić information content (AvgIpc) is 2.94. The molecule has 2 N–H and O–H groups in total. The van der Waals surface area contributed by atoms with E-state index in [2.05, 4.69) is 0 Å². The van der Waals surface area contributed by atoms with Crippen LogP contribution in [0.3, 0.4) is 0 Å². The zero-order valence-corrected chi connectivity index (χ0v) is 14.5. The summed E-state index contributed by atoms with van der Waals surface area (Å²) in [5, 5.41) is 20.9. The zero-order valence-electron chi connectivity index (χ0n) is 14.5. The molecule has 3 atom stereocenters. The minimum Gasteiger partial charge on any atom is -0.435 e. The molecule has 6 nitrogen and oxygen atoms in total. The molecule has 6 heteroatoms. The van der Waals surface area contributed by atoms with Crippen LogP contribution in [-0.4, -0.2) is 39.5 Å². The first-order valence-electron chi connectivity index (χ1n) is 8.49. The summed E-state index contributed by atoms with van der Waals surface area (Å²) in [7, 11) is 0. The molecule has 1 heterocycles. The van der Waals surface area contributed by atoms with Crippen LogP contribution >= 0.6 is 0 Å². The van der Waals surface area contributed by atoms with E-state index in [1.165, 1.54) is 0 Å². The van der Waals surface area contributed by atoms with Crippen LogP contribution < -0.4 is 0 Å². The molecule has 0 spiro atoms. The summed E-state index contributed by atoms with van der Waals surface area (Å²) in [5.74, 6) is 0. The van der Waals surface area contributed by atoms with E-state index < -0.39 is 28.3 Å². The van der Waals surface area contributed by atoms with Crippen molar-refractivity contribution in [2.75, 3.05) is 6.54 Å². The Morgan fingerprint density at radius 2 is 1.69 bits per heavy atom. The fourth-order valence-electron chi connectivity index (χ4n) is 3.65. The molecular formula is C20H22NO5+. The molecule has 0 aromatic heterocycles. The van der Waals surface area contributed by atoms with Crippen LogP contribution in [0.5, 0.6) is 0 Å². The van der Waals surface area contributed by atoms with Crippen molar-refractivity contribution in [3.63, 3.8) is 0 Å². The van der Waals surface area contributed by atoms with Crippen molar-refractivity contribution in [1.82, 2.24) is 0 Å². The Kier molecular flexibility index (Phi) is 4.80. The molecule has 1 saturated heterocycles. The number of nitrogens with zero attached hydrogens (tertiary/aromatic N) is 1. The van der Waals surface area contributed by atoms with Crippen LogP contribution in [0.25, 0.3) is 0 Å². The van der Waals surface area contributed by atoms with Crippen LogP contribution in [-0.2, 0) is 16.9 Å². The molecule has 2 aromatic carbocycles. The molecule has 26 heavy (non-hydrogen) atoms. The lowest BCUT2D eigenvalue weighted by Gasteiger charge is -2.29. The number of benzene rings is 2. The largest absolute Gasteiger partial charge is 0.527 e. The lowest BCUT2D eigenvalue weighted by atomic mass is 9.92. The zero-order chi connectivity index (χ0) is 18.8. The minimum absolute atomic E-state index is 0.0105. The Bertz CT molecular complexity index is 794. The van der Waals surface area contributed by atoms with Crippen LogP contribution in [0.4, 0.5) is 9.59 Å². The van der Waals surface area contributed by atoms with E-state index in [1.807, 2.05) is 24.3 Å². The molecule has 0 saturated carbocycles. The Morgan fingerprint density at radius 1 is 1.12 bits per heavy atom. The van der Waals surface area contributed by atoms with Gasteiger partial charge in [-0.25, -0.2) is 0 Å². The third-order valence-corrected chi connectivity index (χ3v) is 5.08. The Hall–Kier alpha value is -2.70. The second-order valence-electron chi connectivity index (χ2n) is 6.80. The normalized spacial score (nSPS) is 27.8. The van der Waals surface area contributed by atoms with Gasteiger partial charge >= 0.3 is 12.2 Å². The van der Waals surface area contributed by atoms with Gasteiger partial charge in [0.15, 0.2) is 0 Å². The number of carbonyl (C=O) groups is 2. The van der Waals surface area contributed by atoms with E-state index in [0.717, 1.165) is 5.56 Å². The van der Waals surface area contributed by atoms with Gasteiger partial charge in [0.2, 0.25) is 0 Å². The molecular weight excluding hydrogens is 334 g/mol. The number of hydrogen-bond acceptors (Lipinski definition) is 4. The van der Waals surface area contributed by atoms with Crippen molar-refractivity contribution in [2.24, 2.45) is 0 Å². The number of ether oxygens (including phenoxy) is 1. The Morgan fingerprint density at radius 3 is 2.27 bits per heavy atom. The summed E-state index contributed by atoms with van der Waals surface area (Å²) in [6, 6.07) is 17.3. The number of amides is 2. The summed E-state index contributed by atoms with van der Waals surface area (Å²) in [6.45, 7) is 1.38. The standard InChI is InChI=1S/C20H21NO5/c1-15-12-20(25,17-10-6-3-7-11-17)14-21(15,18(22)23)19(24)26-13-16-8-4-2-5-9-16/h2-11,15,25H,12-14H2,1H3/p+1/t15-,20+,21+/m1/s1. The number of carboxylic acid groups (broad SMARTS) is 1. The second-order valence-corrected chi connectivity index (χ2v) is 6.80. The maximum Gasteiger partial charge on any atom is 0.527 e. The Labute approximate surface area is 151 Å².